The zero-order chi connectivity index (χ0) is 16.1. The number of amides is 1. The SMILES string of the molecule is COc1ccc(C2CCCCN(C(=O)Cc3ccsc3)C2)cc1. The number of hydrogen-bond acceptors (Lipinski definition) is 3. The second kappa shape index (κ2) is 7.64. The van der Waals surface area contributed by atoms with Crippen LogP contribution in [-0.2, 0) is 11.2 Å². The summed E-state index contributed by atoms with van der Waals surface area (Å²) in [6.07, 6.45) is 3.95. The van der Waals surface area contributed by atoms with E-state index in [2.05, 4.69) is 22.4 Å². The Morgan fingerprint density at radius 2 is 2.09 bits per heavy atom. The molecule has 1 atom stereocenters. The molecule has 1 aliphatic rings. The molecule has 0 saturated carbocycles. The number of rotatable bonds is 4. The lowest BCUT2D eigenvalue weighted by Crippen LogP contribution is -2.35. The van der Waals surface area contributed by atoms with Crippen molar-refractivity contribution in [2.75, 3.05) is 20.2 Å². The third kappa shape index (κ3) is 4.14. The number of ether oxygens (including phenoxy) is 1. The highest BCUT2D eigenvalue weighted by molar-refractivity contribution is 7.07. The van der Waals surface area contributed by atoms with Crippen LogP contribution in [-0.4, -0.2) is 31.0 Å². The maximum atomic E-state index is 12.6. The Morgan fingerprint density at radius 3 is 2.78 bits per heavy atom. The number of nitrogens with zero attached hydrogens (tertiary/aromatic N) is 1. The molecule has 1 unspecified atom stereocenters. The first kappa shape index (κ1) is 16.1. The molecule has 1 saturated heterocycles. The second-order valence-corrected chi connectivity index (χ2v) is 6.89. The summed E-state index contributed by atoms with van der Waals surface area (Å²) in [7, 11) is 1.69. The summed E-state index contributed by atoms with van der Waals surface area (Å²) in [4.78, 5) is 14.7. The van der Waals surface area contributed by atoms with Crippen LogP contribution >= 0.6 is 11.3 Å². The molecule has 1 aliphatic heterocycles. The van der Waals surface area contributed by atoms with Crippen molar-refractivity contribution in [2.45, 2.75) is 31.6 Å². The van der Waals surface area contributed by atoms with E-state index >= 15 is 0 Å². The third-order valence-corrected chi connectivity index (χ3v) is 5.28. The minimum absolute atomic E-state index is 0.254. The lowest BCUT2D eigenvalue weighted by molar-refractivity contribution is -0.130. The van der Waals surface area contributed by atoms with E-state index in [4.69, 9.17) is 4.74 Å². The standard InChI is InChI=1S/C19H23NO2S/c1-22-18-7-5-16(6-8-18)17-4-2-3-10-20(13-17)19(21)12-15-9-11-23-14-15/h5-9,11,14,17H,2-4,10,12-13H2,1H3. The van der Waals surface area contributed by atoms with Gasteiger partial charge in [0.05, 0.1) is 13.5 Å². The van der Waals surface area contributed by atoms with Gasteiger partial charge in [0.1, 0.15) is 5.75 Å². The molecular weight excluding hydrogens is 306 g/mol. The summed E-state index contributed by atoms with van der Waals surface area (Å²) in [5, 5.41) is 4.10. The Bertz CT molecular complexity index is 621. The average molecular weight is 329 g/mol. The fraction of sp³-hybridized carbons (Fsp3) is 0.421. The Kier molecular flexibility index (Phi) is 5.34. The molecule has 0 N–H and O–H groups in total. The van der Waals surface area contributed by atoms with Crippen LogP contribution in [0.5, 0.6) is 5.75 Å². The van der Waals surface area contributed by atoms with Gasteiger partial charge in [-0.1, -0.05) is 18.6 Å². The molecule has 122 valence electrons. The Morgan fingerprint density at radius 1 is 1.26 bits per heavy atom. The van der Waals surface area contributed by atoms with E-state index < -0.39 is 0 Å². The molecule has 2 heterocycles. The molecule has 3 nitrogen and oxygen atoms in total. The highest BCUT2D eigenvalue weighted by Gasteiger charge is 2.23. The van der Waals surface area contributed by atoms with Crippen LogP contribution in [0.1, 0.15) is 36.3 Å². The molecule has 1 aromatic heterocycles. The van der Waals surface area contributed by atoms with Crippen molar-refractivity contribution in [3.05, 3.63) is 52.2 Å². The monoisotopic (exact) mass is 329 g/mol. The van der Waals surface area contributed by atoms with Crippen molar-refractivity contribution in [2.24, 2.45) is 0 Å². The van der Waals surface area contributed by atoms with Crippen LogP contribution in [0.4, 0.5) is 0 Å². The van der Waals surface area contributed by atoms with E-state index in [1.807, 2.05) is 23.6 Å². The van der Waals surface area contributed by atoms with Gasteiger partial charge in [0.15, 0.2) is 0 Å². The molecule has 1 amide bonds. The summed E-state index contributed by atoms with van der Waals surface area (Å²) in [5.74, 6) is 1.56. The van der Waals surface area contributed by atoms with Crippen molar-refractivity contribution < 1.29 is 9.53 Å². The molecule has 0 aliphatic carbocycles. The number of carbonyl (C=O) groups excluding carboxylic acids is 1. The lowest BCUT2D eigenvalue weighted by atomic mass is 9.94. The Hall–Kier alpha value is -1.81. The zero-order valence-electron chi connectivity index (χ0n) is 13.5. The molecule has 4 heteroatoms. The topological polar surface area (TPSA) is 29.5 Å². The zero-order valence-corrected chi connectivity index (χ0v) is 14.3. The quantitative estimate of drug-likeness (QED) is 0.845. The van der Waals surface area contributed by atoms with Gasteiger partial charge < -0.3 is 9.64 Å². The normalized spacial score (nSPS) is 18.5. The van der Waals surface area contributed by atoms with Crippen LogP contribution in [0, 0.1) is 0 Å². The van der Waals surface area contributed by atoms with Gasteiger partial charge in [-0.25, -0.2) is 0 Å². The van der Waals surface area contributed by atoms with Crippen LogP contribution in [0.15, 0.2) is 41.1 Å². The van der Waals surface area contributed by atoms with Crippen molar-refractivity contribution in [1.82, 2.24) is 4.90 Å². The third-order valence-electron chi connectivity index (χ3n) is 4.55. The number of carbonyl (C=O) groups is 1. The first-order valence-corrected chi connectivity index (χ1v) is 9.13. The molecule has 1 aromatic carbocycles. The van der Waals surface area contributed by atoms with Crippen LogP contribution in [0.25, 0.3) is 0 Å². The van der Waals surface area contributed by atoms with E-state index in [0.29, 0.717) is 12.3 Å². The number of likely N-dealkylation sites (tertiary alicyclic amines) is 1. The molecule has 0 radical (unpaired) electrons. The first-order valence-electron chi connectivity index (χ1n) is 8.19. The van der Waals surface area contributed by atoms with Crippen LogP contribution in [0.2, 0.25) is 0 Å². The average Bonchev–Trinajstić information content (AvgIpc) is 2.96. The van der Waals surface area contributed by atoms with E-state index in [-0.39, 0.29) is 5.91 Å². The number of benzene rings is 1. The Labute approximate surface area is 141 Å². The minimum Gasteiger partial charge on any atom is -0.497 e. The predicted molar refractivity (Wildman–Crippen MR) is 94.2 cm³/mol. The van der Waals surface area contributed by atoms with Gasteiger partial charge >= 0.3 is 0 Å². The van der Waals surface area contributed by atoms with Gasteiger partial charge in [-0.15, -0.1) is 0 Å². The smallest absolute Gasteiger partial charge is 0.227 e. The molecule has 3 rings (SSSR count). The molecular formula is C19H23NO2S. The summed E-state index contributed by atoms with van der Waals surface area (Å²) >= 11 is 1.65. The molecule has 0 spiro atoms. The molecule has 2 aromatic rings. The van der Waals surface area contributed by atoms with Crippen LogP contribution < -0.4 is 4.74 Å². The predicted octanol–water partition coefficient (Wildman–Crippen LogP) is 4.10. The van der Waals surface area contributed by atoms with Gasteiger partial charge in [0.2, 0.25) is 5.91 Å². The van der Waals surface area contributed by atoms with Gasteiger partial charge in [0, 0.05) is 19.0 Å². The summed E-state index contributed by atoms with van der Waals surface area (Å²) < 4.78 is 5.24. The highest BCUT2D eigenvalue weighted by Crippen LogP contribution is 2.28. The summed E-state index contributed by atoms with van der Waals surface area (Å²) in [6, 6.07) is 10.3. The van der Waals surface area contributed by atoms with Crippen LogP contribution in [0.3, 0.4) is 0 Å². The van der Waals surface area contributed by atoms with E-state index in [9.17, 15) is 4.79 Å². The van der Waals surface area contributed by atoms with Crippen molar-refractivity contribution in [3.8, 4) is 5.75 Å². The highest BCUT2D eigenvalue weighted by atomic mass is 32.1. The molecule has 0 bridgehead atoms. The van der Waals surface area contributed by atoms with Gasteiger partial charge in [-0.2, -0.15) is 11.3 Å². The number of thiophene rings is 1. The molecule has 23 heavy (non-hydrogen) atoms. The van der Waals surface area contributed by atoms with Gasteiger partial charge in [-0.05, 0) is 52.9 Å². The second-order valence-electron chi connectivity index (χ2n) is 6.11. The van der Waals surface area contributed by atoms with Gasteiger partial charge in [0.25, 0.3) is 0 Å². The lowest BCUT2D eigenvalue weighted by Gasteiger charge is -2.25. The van der Waals surface area contributed by atoms with Crippen molar-refractivity contribution in [3.63, 3.8) is 0 Å². The van der Waals surface area contributed by atoms with Crippen molar-refractivity contribution in [1.29, 1.82) is 0 Å². The first-order chi connectivity index (χ1) is 11.3. The van der Waals surface area contributed by atoms with E-state index in [1.165, 1.54) is 12.0 Å². The van der Waals surface area contributed by atoms with Gasteiger partial charge in [-0.3, -0.25) is 4.79 Å². The fourth-order valence-corrected chi connectivity index (χ4v) is 3.86. The maximum Gasteiger partial charge on any atom is 0.227 e. The number of methoxy groups -OCH3 is 1. The summed E-state index contributed by atoms with van der Waals surface area (Å²) in [6.45, 7) is 1.71. The Balaban J connectivity index is 1.68. The van der Waals surface area contributed by atoms with Crippen molar-refractivity contribution >= 4 is 17.2 Å². The largest absolute Gasteiger partial charge is 0.497 e. The summed E-state index contributed by atoms with van der Waals surface area (Å²) in [5.41, 5.74) is 2.44. The molecule has 1 fully saturated rings. The fourth-order valence-electron chi connectivity index (χ4n) is 3.20. The minimum atomic E-state index is 0.254. The van der Waals surface area contributed by atoms with E-state index in [0.717, 1.165) is 37.2 Å². The maximum absolute atomic E-state index is 12.6. The van der Waals surface area contributed by atoms with E-state index in [1.54, 1.807) is 18.4 Å². The number of hydrogen-bond donors (Lipinski definition) is 0.